The van der Waals surface area contributed by atoms with Gasteiger partial charge in [-0.1, -0.05) is 55.1 Å². The van der Waals surface area contributed by atoms with Crippen molar-refractivity contribution in [2.75, 3.05) is 7.05 Å². The molecule has 0 N–H and O–H groups in total. The number of ether oxygens (including phenoxy) is 1. The molecule has 2 aromatic rings. The zero-order valence-electron chi connectivity index (χ0n) is 17.0. The fraction of sp³-hybridized carbons (Fsp3) is 0.333. The van der Waals surface area contributed by atoms with E-state index in [1.54, 1.807) is 0 Å². The van der Waals surface area contributed by atoms with Crippen molar-refractivity contribution in [1.82, 2.24) is 9.80 Å². The van der Waals surface area contributed by atoms with E-state index in [0.717, 1.165) is 42.6 Å². The number of benzene rings is 2. The molecule has 0 atom stereocenters. The fourth-order valence-electron chi connectivity index (χ4n) is 4.00. The summed E-state index contributed by atoms with van der Waals surface area (Å²) in [6.07, 6.45) is 7.55. The molecule has 0 spiro atoms. The molecule has 4 nitrogen and oxygen atoms in total. The van der Waals surface area contributed by atoms with Crippen LogP contribution in [0.2, 0.25) is 5.02 Å². The van der Waals surface area contributed by atoms with E-state index in [0.29, 0.717) is 22.4 Å². The fourth-order valence-corrected chi connectivity index (χ4v) is 4.46. The monoisotopic (exact) mass is 440 g/mol. The maximum absolute atomic E-state index is 13.1. The highest BCUT2D eigenvalue weighted by atomic mass is 35.5. The molecule has 0 bridgehead atoms. The Hall–Kier alpha value is -2.37. The Bertz CT molecular complexity index is 950. The highest BCUT2D eigenvalue weighted by molar-refractivity contribution is 7.80. The molecule has 30 heavy (non-hydrogen) atoms. The van der Waals surface area contributed by atoms with Crippen molar-refractivity contribution < 1.29 is 9.53 Å². The first kappa shape index (κ1) is 20.9. The summed E-state index contributed by atoms with van der Waals surface area (Å²) in [5.74, 6) is 0.787. The van der Waals surface area contributed by atoms with E-state index in [1.165, 1.54) is 6.42 Å². The van der Waals surface area contributed by atoms with Gasteiger partial charge >= 0.3 is 0 Å². The lowest BCUT2D eigenvalue weighted by Crippen LogP contribution is -2.41. The quantitative estimate of drug-likeness (QED) is 0.444. The molecule has 1 amide bonds. The first-order valence-corrected chi connectivity index (χ1v) is 11.1. The van der Waals surface area contributed by atoms with Gasteiger partial charge in [0.05, 0.1) is 0 Å². The normalized spacial score (nSPS) is 19.1. The van der Waals surface area contributed by atoms with Gasteiger partial charge in [-0.15, -0.1) is 0 Å². The van der Waals surface area contributed by atoms with Crippen molar-refractivity contribution in [2.24, 2.45) is 0 Å². The topological polar surface area (TPSA) is 32.8 Å². The van der Waals surface area contributed by atoms with Gasteiger partial charge in [-0.05, 0) is 66.5 Å². The number of rotatable bonds is 5. The summed E-state index contributed by atoms with van der Waals surface area (Å²) in [4.78, 5) is 16.7. The van der Waals surface area contributed by atoms with Gasteiger partial charge in [0.25, 0.3) is 5.91 Å². The SMILES string of the molecule is CN1C(=S)N(C2CCCCC2)C(=O)C1=Cc1ccc(OCc2ccc(Cl)cc2)cc1. The van der Waals surface area contributed by atoms with Crippen LogP contribution < -0.4 is 4.74 Å². The molecule has 1 heterocycles. The van der Waals surface area contributed by atoms with Crippen LogP contribution in [-0.2, 0) is 11.4 Å². The first-order valence-electron chi connectivity index (χ1n) is 10.3. The van der Waals surface area contributed by atoms with Crippen molar-refractivity contribution in [3.05, 3.63) is 70.4 Å². The second kappa shape index (κ2) is 9.19. The molecule has 6 heteroatoms. The van der Waals surface area contributed by atoms with Crippen LogP contribution in [0.15, 0.2) is 54.2 Å². The minimum absolute atomic E-state index is 0.0115. The van der Waals surface area contributed by atoms with Gasteiger partial charge < -0.3 is 9.64 Å². The standard InChI is InChI=1S/C24H25ClN2O2S/c1-26-22(23(28)27(24(26)30)20-5-3-2-4-6-20)15-17-9-13-21(14-10-17)29-16-18-7-11-19(25)12-8-18/h7-15,20H,2-6,16H2,1H3. The second-order valence-electron chi connectivity index (χ2n) is 7.82. The van der Waals surface area contributed by atoms with Crippen LogP contribution in [0.1, 0.15) is 43.2 Å². The smallest absolute Gasteiger partial charge is 0.277 e. The third-order valence-corrected chi connectivity index (χ3v) is 6.46. The summed E-state index contributed by atoms with van der Waals surface area (Å²) >= 11 is 11.5. The largest absolute Gasteiger partial charge is 0.489 e. The Morgan fingerprint density at radius 3 is 2.40 bits per heavy atom. The molecule has 0 radical (unpaired) electrons. The number of hydrogen-bond acceptors (Lipinski definition) is 3. The molecular weight excluding hydrogens is 416 g/mol. The second-order valence-corrected chi connectivity index (χ2v) is 8.62. The molecule has 156 valence electrons. The Kier molecular flexibility index (Phi) is 6.40. The average Bonchev–Trinajstić information content (AvgIpc) is 2.98. The van der Waals surface area contributed by atoms with Crippen LogP contribution >= 0.6 is 23.8 Å². The Morgan fingerprint density at radius 1 is 1.07 bits per heavy atom. The Balaban J connectivity index is 1.44. The van der Waals surface area contributed by atoms with Crippen LogP contribution in [0, 0.1) is 0 Å². The number of halogens is 1. The van der Waals surface area contributed by atoms with Crippen LogP contribution in [0.5, 0.6) is 5.75 Å². The van der Waals surface area contributed by atoms with Crippen molar-refractivity contribution in [1.29, 1.82) is 0 Å². The van der Waals surface area contributed by atoms with E-state index in [2.05, 4.69) is 0 Å². The summed E-state index contributed by atoms with van der Waals surface area (Å²) in [5.41, 5.74) is 2.62. The number of carbonyl (C=O) groups excluding carboxylic acids is 1. The Morgan fingerprint density at radius 2 is 1.73 bits per heavy atom. The zero-order chi connectivity index (χ0) is 21.1. The van der Waals surface area contributed by atoms with Gasteiger partial charge in [-0.3, -0.25) is 9.69 Å². The van der Waals surface area contributed by atoms with E-state index >= 15 is 0 Å². The lowest BCUT2D eigenvalue weighted by Gasteiger charge is -2.30. The van der Waals surface area contributed by atoms with E-state index in [1.807, 2.05) is 71.5 Å². The summed E-state index contributed by atoms with van der Waals surface area (Å²) in [5, 5.41) is 1.32. The van der Waals surface area contributed by atoms with Crippen molar-refractivity contribution >= 4 is 40.9 Å². The number of amides is 1. The number of nitrogens with zero attached hydrogens (tertiary/aromatic N) is 2. The number of likely N-dealkylation sites (N-methyl/N-ethyl adjacent to an activating group) is 1. The minimum atomic E-state index is 0.0115. The number of thiocarbonyl (C=S) groups is 1. The summed E-state index contributed by atoms with van der Waals surface area (Å²) in [6.45, 7) is 0.476. The van der Waals surface area contributed by atoms with Gasteiger partial charge in [0, 0.05) is 18.1 Å². The molecule has 0 unspecified atom stereocenters. The van der Waals surface area contributed by atoms with E-state index < -0.39 is 0 Å². The molecule has 1 aliphatic heterocycles. The summed E-state index contributed by atoms with van der Waals surface area (Å²) in [6, 6.07) is 15.6. The third kappa shape index (κ3) is 4.52. The Labute approximate surface area is 188 Å². The zero-order valence-corrected chi connectivity index (χ0v) is 18.6. The molecule has 4 rings (SSSR count). The molecule has 1 aliphatic carbocycles. The highest BCUT2D eigenvalue weighted by Crippen LogP contribution is 2.30. The van der Waals surface area contributed by atoms with E-state index in [-0.39, 0.29) is 11.9 Å². The van der Waals surface area contributed by atoms with E-state index in [4.69, 9.17) is 28.6 Å². The third-order valence-electron chi connectivity index (χ3n) is 5.73. The van der Waals surface area contributed by atoms with E-state index in [9.17, 15) is 4.79 Å². The van der Waals surface area contributed by atoms with Crippen LogP contribution in [0.4, 0.5) is 0 Å². The maximum atomic E-state index is 13.1. The molecular formula is C24H25ClN2O2S. The van der Waals surface area contributed by atoms with Crippen LogP contribution in [-0.4, -0.2) is 33.9 Å². The molecule has 2 aliphatic rings. The van der Waals surface area contributed by atoms with Gasteiger partial charge in [0.1, 0.15) is 18.1 Å². The predicted octanol–water partition coefficient (Wildman–Crippen LogP) is 5.65. The minimum Gasteiger partial charge on any atom is -0.489 e. The predicted molar refractivity (Wildman–Crippen MR) is 124 cm³/mol. The summed E-state index contributed by atoms with van der Waals surface area (Å²) < 4.78 is 5.84. The first-order chi connectivity index (χ1) is 14.5. The summed E-state index contributed by atoms with van der Waals surface area (Å²) in [7, 11) is 1.87. The maximum Gasteiger partial charge on any atom is 0.277 e. The lowest BCUT2D eigenvalue weighted by molar-refractivity contribution is -0.124. The molecule has 1 saturated heterocycles. The van der Waals surface area contributed by atoms with Crippen LogP contribution in [0.25, 0.3) is 6.08 Å². The molecule has 0 aromatic heterocycles. The van der Waals surface area contributed by atoms with Crippen molar-refractivity contribution in [3.8, 4) is 5.75 Å². The van der Waals surface area contributed by atoms with Gasteiger partial charge in [-0.2, -0.15) is 0 Å². The van der Waals surface area contributed by atoms with Crippen molar-refractivity contribution in [3.63, 3.8) is 0 Å². The van der Waals surface area contributed by atoms with Gasteiger partial charge in [0.2, 0.25) is 0 Å². The van der Waals surface area contributed by atoms with Gasteiger partial charge in [0.15, 0.2) is 5.11 Å². The van der Waals surface area contributed by atoms with Gasteiger partial charge in [-0.25, -0.2) is 0 Å². The lowest BCUT2D eigenvalue weighted by atomic mass is 9.94. The number of carbonyl (C=O) groups is 1. The molecule has 1 saturated carbocycles. The number of hydrogen-bond donors (Lipinski definition) is 0. The average molecular weight is 441 g/mol. The molecule has 2 aromatic carbocycles. The highest BCUT2D eigenvalue weighted by Gasteiger charge is 2.40. The molecule has 2 fully saturated rings. The van der Waals surface area contributed by atoms with Crippen molar-refractivity contribution in [2.45, 2.75) is 44.8 Å². The van der Waals surface area contributed by atoms with Crippen LogP contribution in [0.3, 0.4) is 0 Å².